The van der Waals surface area contributed by atoms with Gasteiger partial charge in [0.25, 0.3) is 0 Å². The van der Waals surface area contributed by atoms with Crippen molar-refractivity contribution in [3.8, 4) is 5.75 Å². The second-order valence-electron chi connectivity index (χ2n) is 3.19. The minimum Gasteiger partial charge on any atom is -0.490 e. The molecule has 0 spiro atoms. The van der Waals surface area contributed by atoms with E-state index in [9.17, 15) is 14.5 Å². The van der Waals surface area contributed by atoms with E-state index in [1.54, 1.807) is 0 Å². The Balaban J connectivity index is 3.10. The van der Waals surface area contributed by atoms with Crippen LogP contribution in [0.4, 0.5) is 15.8 Å². The number of hydrogen-bond donors (Lipinski definition) is 1. The third-order valence-corrected chi connectivity index (χ3v) is 2.03. The molecule has 0 aliphatic heterocycles. The van der Waals surface area contributed by atoms with Crippen LogP contribution in [0.2, 0.25) is 0 Å². The van der Waals surface area contributed by atoms with Gasteiger partial charge in [-0.05, 0) is 6.42 Å². The first kappa shape index (κ1) is 12.2. The fourth-order valence-electron chi connectivity index (χ4n) is 1.24. The monoisotopic (exact) mass is 228 g/mol. The van der Waals surface area contributed by atoms with E-state index >= 15 is 0 Å². The number of halogens is 1. The smallest absolute Gasteiger partial charge is 0.313 e. The normalized spacial score (nSPS) is 9.94. The van der Waals surface area contributed by atoms with Crippen LogP contribution in [0.25, 0.3) is 0 Å². The van der Waals surface area contributed by atoms with Gasteiger partial charge in [-0.2, -0.15) is 0 Å². The lowest BCUT2D eigenvalue weighted by Crippen LogP contribution is -2.04. The highest BCUT2D eigenvalue weighted by atomic mass is 19.1. The van der Waals surface area contributed by atoms with Crippen molar-refractivity contribution in [2.24, 2.45) is 0 Å². The van der Waals surface area contributed by atoms with Crippen molar-refractivity contribution in [3.63, 3.8) is 0 Å². The van der Waals surface area contributed by atoms with Crippen LogP contribution in [0.1, 0.15) is 13.3 Å². The number of ether oxygens (including phenoxy) is 1. The van der Waals surface area contributed by atoms with E-state index in [1.165, 1.54) is 13.2 Å². The van der Waals surface area contributed by atoms with Gasteiger partial charge in [-0.3, -0.25) is 10.1 Å². The third-order valence-electron chi connectivity index (χ3n) is 2.03. The Hall–Kier alpha value is -1.85. The minimum atomic E-state index is -0.675. The molecule has 0 aliphatic carbocycles. The topological polar surface area (TPSA) is 64.4 Å². The van der Waals surface area contributed by atoms with Crippen LogP contribution in [0.3, 0.4) is 0 Å². The Morgan fingerprint density at radius 3 is 2.75 bits per heavy atom. The molecule has 5 nitrogen and oxygen atoms in total. The Kier molecular flexibility index (Phi) is 4.04. The van der Waals surface area contributed by atoms with Gasteiger partial charge in [0.1, 0.15) is 0 Å². The van der Waals surface area contributed by atoms with Gasteiger partial charge in [0.15, 0.2) is 11.6 Å². The van der Waals surface area contributed by atoms with Crippen molar-refractivity contribution in [1.82, 2.24) is 0 Å². The highest BCUT2D eigenvalue weighted by Crippen LogP contribution is 2.32. The zero-order valence-corrected chi connectivity index (χ0v) is 9.12. The molecular weight excluding hydrogens is 215 g/mol. The Labute approximate surface area is 92.4 Å². The number of hydrogen-bond acceptors (Lipinski definition) is 4. The quantitative estimate of drug-likeness (QED) is 0.621. The van der Waals surface area contributed by atoms with Crippen LogP contribution < -0.4 is 10.1 Å². The van der Waals surface area contributed by atoms with Gasteiger partial charge in [0, 0.05) is 12.6 Å². The fraction of sp³-hybridized carbons (Fsp3) is 0.400. The number of nitro groups is 1. The molecule has 0 radical (unpaired) electrons. The number of anilines is 1. The molecule has 0 aromatic heterocycles. The zero-order chi connectivity index (χ0) is 12.1. The Morgan fingerprint density at radius 1 is 1.56 bits per heavy atom. The van der Waals surface area contributed by atoms with Gasteiger partial charge in [-0.1, -0.05) is 6.92 Å². The van der Waals surface area contributed by atoms with E-state index in [1.807, 2.05) is 6.92 Å². The van der Waals surface area contributed by atoms with Crippen LogP contribution >= 0.6 is 0 Å². The molecule has 88 valence electrons. The summed E-state index contributed by atoms with van der Waals surface area (Å²) in [6.07, 6.45) is 0.832. The molecule has 1 aromatic rings. The second kappa shape index (κ2) is 5.29. The molecule has 0 bridgehead atoms. The maximum Gasteiger partial charge on any atom is 0.313 e. The summed E-state index contributed by atoms with van der Waals surface area (Å²) in [5, 5.41) is 13.4. The molecule has 6 heteroatoms. The van der Waals surface area contributed by atoms with E-state index in [0.29, 0.717) is 6.54 Å². The van der Waals surface area contributed by atoms with Gasteiger partial charge in [-0.15, -0.1) is 0 Å². The number of benzene rings is 1. The van der Waals surface area contributed by atoms with E-state index in [2.05, 4.69) is 5.32 Å². The first-order valence-corrected chi connectivity index (χ1v) is 4.86. The molecule has 1 aromatic carbocycles. The van der Waals surface area contributed by atoms with Crippen molar-refractivity contribution in [2.75, 3.05) is 19.0 Å². The molecule has 0 aliphatic rings. The summed E-state index contributed by atoms with van der Waals surface area (Å²) in [4.78, 5) is 9.92. The summed E-state index contributed by atoms with van der Waals surface area (Å²) in [6, 6.07) is 2.15. The molecule has 0 saturated heterocycles. The lowest BCUT2D eigenvalue weighted by Gasteiger charge is -2.08. The van der Waals surface area contributed by atoms with Gasteiger partial charge in [0.05, 0.1) is 23.8 Å². The van der Waals surface area contributed by atoms with Crippen molar-refractivity contribution < 1.29 is 14.1 Å². The lowest BCUT2D eigenvalue weighted by molar-refractivity contribution is -0.385. The van der Waals surface area contributed by atoms with E-state index in [4.69, 9.17) is 4.74 Å². The van der Waals surface area contributed by atoms with Crippen molar-refractivity contribution in [3.05, 3.63) is 28.1 Å². The minimum absolute atomic E-state index is 0.0463. The average Bonchev–Trinajstić information content (AvgIpc) is 2.26. The molecule has 1 N–H and O–H groups in total. The summed E-state index contributed by atoms with van der Waals surface area (Å²) in [7, 11) is 1.31. The van der Waals surface area contributed by atoms with Gasteiger partial charge in [-0.25, -0.2) is 4.39 Å². The molecule has 16 heavy (non-hydrogen) atoms. The number of nitro benzene ring substituents is 1. The van der Waals surface area contributed by atoms with Crippen molar-refractivity contribution >= 4 is 11.4 Å². The molecule has 0 atom stereocenters. The van der Waals surface area contributed by atoms with E-state index in [-0.39, 0.29) is 17.1 Å². The van der Waals surface area contributed by atoms with E-state index in [0.717, 1.165) is 12.5 Å². The molecule has 0 unspecified atom stereocenters. The molecular formula is C10H13FN2O3. The Morgan fingerprint density at radius 2 is 2.25 bits per heavy atom. The van der Waals surface area contributed by atoms with Gasteiger partial charge < -0.3 is 10.1 Å². The first-order chi connectivity index (χ1) is 7.60. The van der Waals surface area contributed by atoms with Gasteiger partial charge >= 0.3 is 5.69 Å². The molecule has 0 saturated carbocycles. The van der Waals surface area contributed by atoms with Crippen molar-refractivity contribution in [1.29, 1.82) is 0 Å². The van der Waals surface area contributed by atoms with E-state index < -0.39 is 10.7 Å². The third kappa shape index (κ3) is 2.59. The molecule has 0 heterocycles. The highest BCUT2D eigenvalue weighted by molar-refractivity contribution is 5.59. The lowest BCUT2D eigenvalue weighted by atomic mass is 10.2. The summed E-state index contributed by atoms with van der Waals surface area (Å²) in [5.74, 6) is -0.606. The summed E-state index contributed by atoms with van der Waals surface area (Å²) >= 11 is 0. The predicted octanol–water partition coefficient (Wildman–Crippen LogP) is 2.56. The predicted molar refractivity (Wildman–Crippen MR) is 58.4 cm³/mol. The van der Waals surface area contributed by atoms with Crippen LogP contribution in [0.5, 0.6) is 5.75 Å². The highest BCUT2D eigenvalue weighted by Gasteiger charge is 2.18. The maximum absolute atomic E-state index is 13.4. The SMILES string of the molecule is CCCNc1cc(OC)c([N+](=O)[O-])cc1F. The second-order valence-corrected chi connectivity index (χ2v) is 3.19. The average molecular weight is 228 g/mol. The fourth-order valence-corrected chi connectivity index (χ4v) is 1.24. The molecule has 1 rings (SSSR count). The van der Waals surface area contributed by atoms with Crippen LogP contribution in [-0.2, 0) is 0 Å². The maximum atomic E-state index is 13.4. The zero-order valence-electron chi connectivity index (χ0n) is 9.12. The largest absolute Gasteiger partial charge is 0.490 e. The number of methoxy groups -OCH3 is 1. The van der Waals surface area contributed by atoms with Crippen LogP contribution in [0.15, 0.2) is 12.1 Å². The standard InChI is InChI=1S/C10H13FN2O3/c1-3-4-12-8-6-10(16-2)9(13(14)15)5-7(8)11/h5-6,12H,3-4H2,1-2H3. The van der Waals surface area contributed by atoms with Crippen LogP contribution in [0, 0.1) is 15.9 Å². The molecule has 0 amide bonds. The van der Waals surface area contributed by atoms with Gasteiger partial charge in [0.2, 0.25) is 0 Å². The first-order valence-electron chi connectivity index (χ1n) is 4.86. The summed E-state index contributed by atoms with van der Waals surface area (Å²) in [6.45, 7) is 2.53. The number of rotatable bonds is 5. The number of nitrogens with one attached hydrogen (secondary N) is 1. The summed E-state index contributed by atoms with van der Waals surface area (Å²) < 4.78 is 18.3. The van der Waals surface area contributed by atoms with Crippen molar-refractivity contribution in [2.45, 2.75) is 13.3 Å². The summed E-state index contributed by atoms with van der Waals surface area (Å²) in [5.41, 5.74) is -0.161. The number of nitrogens with zero attached hydrogens (tertiary/aromatic N) is 1. The Bertz CT molecular complexity index is 396. The van der Waals surface area contributed by atoms with Crippen LogP contribution in [-0.4, -0.2) is 18.6 Å². The molecule has 0 fully saturated rings.